The van der Waals surface area contributed by atoms with Gasteiger partial charge in [-0.15, -0.1) is 0 Å². The zero-order chi connectivity index (χ0) is 16.7. The smallest absolute Gasteiger partial charge is 0.227 e. The van der Waals surface area contributed by atoms with Crippen LogP contribution in [0.1, 0.15) is 18.4 Å². The lowest BCUT2D eigenvalue weighted by Gasteiger charge is -2.37. The molecule has 1 saturated heterocycles. The number of fused-ring (bicyclic) bond motifs is 2. The van der Waals surface area contributed by atoms with E-state index in [1.165, 1.54) is 0 Å². The Morgan fingerprint density at radius 3 is 3.00 bits per heavy atom. The summed E-state index contributed by atoms with van der Waals surface area (Å²) in [5.41, 5.74) is 2.24. The highest BCUT2D eigenvalue weighted by atomic mass is 16.5. The number of aliphatic hydroxyl groups is 1. The predicted octanol–water partition coefficient (Wildman–Crippen LogP) is 1.72. The highest BCUT2D eigenvalue weighted by Gasteiger charge is 2.42. The Morgan fingerprint density at radius 2 is 2.17 bits per heavy atom. The molecule has 2 heterocycles. The minimum Gasteiger partial charge on any atom is -0.396 e. The number of hydrogen-bond acceptors (Lipinski definition) is 3. The van der Waals surface area contributed by atoms with Crippen LogP contribution in [0, 0.1) is 5.92 Å². The fraction of sp³-hybridized carbons (Fsp3) is 0.526. The summed E-state index contributed by atoms with van der Waals surface area (Å²) in [5, 5.41) is 10.6. The molecule has 1 amide bonds. The van der Waals surface area contributed by atoms with Gasteiger partial charge in [-0.05, 0) is 30.4 Å². The van der Waals surface area contributed by atoms with Gasteiger partial charge in [0.2, 0.25) is 5.91 Å². The average Bonchev–Trinajstić information content (AvgIpc) is 3.16. The van der Waals surface area contributed by atoms with Crippen molar-refractivity contribution in [1.82, 2.24) is 9.47 Å². The van der Waals surface area contributed by atoms with E-state index >= 15 is 0 Å². The molecule has 2 aromatic rings. The molecule has 0 unspecified atom stereocenters. The van der Waals surface area contributed by atoms with Gasteiger partial charge in [-0.3, -0.25) is 4.79 Å². The number of amides is 1. The second-order valence-corrected chi connectivity index (χ2v) is 7.04. The molecule has 1 saturated carbocycles. The Hall–Kier alpha value is -1.85. The van der Waals surface area contributed by atoms with E-state index in [-0.39, 0.29) is 30.6 Å². The molecule has 3 atom stereocenters. The third-order valence-corrected chi connectivity index (χ3v) is 5.53. The van der Waals surface area contributed by atoms with Crippen LogP contribution in [0.25, 0.3) is 10.9 Å². The minimum atomic E-state index is 0.0902. The number of rotatable bonds is 3. The molecule has 0 radical (unpaired) electrons. The third-order valence-electron chi connectivity index (χ3n) is 5.53. The van der Waals surface area contributed by atoms with E-state index in [2.05, 4.69) is 22.9 Å². The summed E-state index contributed by atoms with van der Waals surface area (Å²) in [6, 6.07) is 8.32. The molecule has 1 N–H and O–H groups in total. The van der Waals surface area contributed by atoms with Crippen LogP contribution in [0.15, 0.2) is 30.5 Å². The normalized spacial score (nSPS) is 26.8. The molecule has 2 fully saturated rings. The number of benzene rings is 1. The van der Waals surface area contributed by atoms with Crippen LogP contribution in [-0.4, -0.2) is 52.4 Å². The summed E-state index contributed by atoms with van der Waals surface area (Å²) >= 11 is 0. The second kappa shape index (κ2) is 6.22. The molecule has 1 aliphatic carbocycles. The lowest BCUT2D eigenvalue weighted by atomic mass is 10.1. The SMILES string of the molecule is Cn1cc(CC(=O)N2CCO[C@H]3C[C@H](CO)C[C@@H]32)c2ccccc21. The van der Waals surface area contributed by atoms with E-state index in [1.807, 2.05) is 24.1 Å². The van der Waals surface area contributed by atoms with Crippen LogP contribution >= 0.6 is 0 Å². The van der Waals surface area contributed by atoms with Crippen LogP contribution in [0.3, 0.4) is 0 Å². The van der Waals surface area contributed by atoms with Gasteiger partial charge in [-0.1, -0.05) is 18.2 Å². The number of aromatic nitrogens is 1. The number of carbonyl (C=O) groups is 1. The molecule has 5 heteroatoms. The van der Waals surface area contributed by atoms with Gasteiger partial charge in [0.1, 0.15) is 0 Å². The molecule has 4 rings (SSSR count). The van der Waals surface area contributed by atoms with Crippen LogP contribution in [-0.2, 0) is 23.0 Å². The maximum absolute atomic E-state index is 13.0. The first-order valence-corrected chi connectivity index (χ1v) is 8.72. The largest absolute Gasteiger partial charge is 0.396 e. The van der Waals surface area contributed by atoms with Crippen molar-refractivity contribution in [2.45, 2.75) is 31.4 Å². The number of carbonyl (C=O) groups excluding carboxylic acids is 1. The van der Waals surface area contributed by atoms with Crippen LogP contribution in [0.2, 0.25) is 0 Å². The van der Waals surface area contributed by atoms with Crippen LogP contribution in [0.5, 0.6) is 0 Å². The Balaban J connectivity index is 1.55. The van der Waals surface area contributed by atoms with Crippen molar-refractivity contribution in [3.05, 3.63) is 36.0 Å². The predicted molar refractivity (Wildman–Crippen MR) is 91.7 cm³/mol. The molecular weight excluding hydrogens is 304 g/mol. The quantitative estimate of drug-likeness (QED) is 0.933. The standard InChI is InChI=1S/C19H24N2O3/c1-20-11-14(15-4-2-3-5-16(15)20)10-19(23)21-6-7-24-18-9-13(12-22)8-17(18)21/h2-5,11,13,17-18,22H,6-10,12H2,1H3/t13-,17+,18+/m1/s1. The Morgan fingerprint density at radius 1 is 1.33 bits per heavy atom. The van der Waals surface area contributed by atoms with Crippen molar-refractivity contribution in [1.29, 1.82) is 0 Å². The van der Waals surface area contributed by atoms with Gasteiger partial charge in [0.15, 0.2) is 0 Å². The zero-order valence-electron chi connectivity index (χ0n) is 14.0. The van der Waals surface area contributed by atoms with Crippen molar-refractivity contribution in [2.24, 2.45) is 13.0 Å². The molecule has 24 heavy (non-hydrogen) atoms. The lowest BCUT2D eigenvalue weighted by molar-refractivity contribution is -0.143. The number of ether oxygens (including phenoxy) is 1. The Labute approximate surface area is 141 Å². The summed E-state index contributed by atoms with van der Waals surface area (Å²) in [7, 11) is 2.02. The number of aliphatic hydroxyl groups excluding tert-OH is 1. The zero-order valence-corrected chi connectivity index (χ0v) is 14.0. The maximum Gasteiger partial charge on any atom is 0.227 e. The van der Waals surface area contributed by atoms with Gasteiger partial charge in [0.25, 0.3) is 0 Å². The molecule has 0 spiro atoms. The molecule has 0 bridgehead atoms. The second-order valence-electron chi connectivity index (χ2n) is 7.04. The summed E-state index contributed by atoms with van der Waals surface area (Å²) in [5.74, 6) is 0.425. The molecule has 5 nitrogen and oxygen atoms in total. The number of para-hydroxylation sites is 1. The summed E-state index contributed by atoms with van der Waals surface area (Å²) < 4.78 is 7.91. The van der Waals surface area contributed by atoms with Gasteiger partial charge in [-0.25, -0.2) is 0 Å². The van der Waals surface area contributed by atoms with E-state index in [0.717, 1.165) is 29.3 Å². The van der Waals surface area contributed by atoms with Crippen molar-refractivity contribution >= 4 is 16.8 Å². The van der Waals surface area contributed by atoms with Crippen LogP contribution in [0.4, 0.5) is 0 Å². The number of morpholine rings is 1. The number of hydrogen-bond donors (Lipinski definition) is 1. The molecule has 128 valence electrons. The van der Waals surface area contributed by atoms with Gasteiger partial charge in [0, 0.05) is 37.3 Å². The molecular formula is C19H24N2O3. The lowest BCUT2D eigenvalue weighted by Crippen LogP contribution is -2.51. The Bertz CT molecular complexity index is 754. The van der Waals surface area contributed by atoms with Crippen molar-refractivity contribution in [2.75, 3.05) is 19.8 Å². The topological polar surface area (TPSA) is 54.7 Å². The molecule has 1 aromatic carbocycles. The van der Waals surface area contributed by atoms with Crippen molar-refractivity contribution in [3.63, 3.8) is 0 Å². The first-order chi connectivity index (χ1) is 11.7. The summed E-state index contributed by atoms with van der Waals surface area (Å²) in [6.45, 7) is 1.44. The van der Waals surface area contributed by atoms with E-state index in [0.29, 0.717) is 19.6 Å². The molecule has 2 aliphatic rings. The van der Waals surface area contributed by atoms with Gasteiger partial charge in [-0.2, -0.15) is 0 Å². The first kappa shape index (κ1) is 15.7. The highest BCUT2D eigenvalue weighted by molar-refractivity contribution is 5.89. The van der Waals surface area contributed by atoms with E-state index in [9.17, 15) is 9.90 Å². The monoisotopic (exact) mass is 328 g/mol. The third kappa shape index (κ3) is 2.62. The average molecular weight is 328 g/mol. The van der Waals surface area contributed by atoms with E-state index in [4.69, 9.17) is 4.74 Å². The van der Waals surface area contributed by atoms with E-state index in [1.54, 1.807) is 0 Å². The maximum atomic E-state index is 13.0. The first-order valence-electron chi connectivity index (χ1n) is 8.72. The van der Waals surface area contributed by atoms with Crippen molar-refractivity contribution in [3.8, 4) is 0 Å². The fourth-order valence-electron chi connectivity index (χ4n) is 4.34. The minimum absolute atomic E-state index is 0.0902. The number of aryl methyl sites for hydroxylation is 1. The summed E-state index contributed by atoms with van der Waals surface area (Å²) in [4.78, 5) is 14.9. The van der Waals surface area contributed by atoms with Crippen molar-refractivity contribution < 1.29 is 14.6 Å². The highest BCUT2D eigenvalue weighted by Crippen LogP contribution is 2.34. The van der Waals surface area contributed by atoms with Gasteiger partial charge in [0.05, 0.1) is 25.2 Å². The van der Waals surface area contributed by atoms with Crippen LogP contribution < -0.4 is 0 Å². The Kier molecular flexibility index (Phi) is 4.06. The number of nitrogens with zero attached hydrogens (tertiary/aromatic N) is 2. The van der Waals surface area contributed by atoms with Gasteiger partial charge < -0.3 is 19.3 Å². The molecule has 1 aromatic heterocycles. The van der Waals surface area contributed by atoms with Gasteiger partial charge >= 0.3 is 0 Å². The summed E-state index contributed by atoms with van der Waals surface area (Å²) in [6.07, 6.45) is 4.29. The fourth-order valence-corrected chi connectivity index (χ4v) is 4.34. The van der Waals surface area contributed by atoms with E-state index < -0.39 is 0 Å². The molecule has 1 aliphatic heterocycles.